The number of nitrogens with zero attached hydrogens (tertiary/aromatic N) is 3. The Labute approximate surface area is 213 Å². The summed E-state index contributed by atoms with van der Waals surface area (Å²) in [6.07, 6.45) is 0.479. The van der Waals surface area contributed by atoms with Crippen molar-refractivity contribution in [3.8, 4) is 11.4 Å². The Morgan fingerprint density at radius 3 is 2.56 bits per heavy atom. The number of benzene rings is 1. The minimum Gasteiger partial charge on any atom is -0.396 e. The van der Waals surface area contributed by atoms with Crippen LogP contribution in [0.25, 0.3) is 11.4 Å². The van der Waals surface area contributed by atoms with Crippen LogP contribution in [0.4, 0.5) is 16.3 Å². The van der Waals surface area contributed by atoms with Gasteiger partial charge in [0.2, 0.25) is 0 Å². The third kappa shape index (κ3) is 6.13. The lowest BCUT2D eigenvalue weighted by Crippen LogP contribution is -2.44. The van der Waals surface area contributed by atoms with Gasteiger partial charge in [-0.15, -0.1) is 0 Å². The number of amides is 2. The van der Waals surface area contributed by atoms with Crippen molar-refractivity contribution in [1.29, 1.82) is 0 Å². The van der Waals surface area contributed by atoms with Crippen LogP contribution in [0.1, 0.15) is 46.7 Å². The highest BCUT2D eigenvalue weighted by molar-refractivity contribution is 7.92. The number of anilines is 2. The van der Waals surface area contributed by atoms with Crippen LogP contribution in [0.2, 0.25) is 0 Å². The number of nitrogens with one attached hydrogen (secondary N) is 2. The fourth-order valence-electron chi connectivity index (χ4n) is 3.98. The Morgan fingerprint density at radius 2 is 1.94 bits per heavy atom. The highest BCUT2D eigenvalue weighted by Crippen LogP contribution is 2.35. The summed E-state index contributed by atoms with van der Waals surface area (Å²) in [5.74, 6) is 1.07. The van der Waals surface area contributed by atoms with E-state index in [0.717, 1.165) is 0 Å². The number of rotatable bonds is 9. The standard InChI is InChI=1S/C25H37N5O5S/c1-17(2)36(33,34)25(4,5)21-15-22(30-12-14-35-16-18(30)3)29-23(28-21)19-7-9-20(10-8-19)27-24(32)26-11-6-13-31/h7-10,15,17-18,31H,6,11-14,16H2,1-5H3,(H2,26,27,32)/t18-/m0/s1. The van der Waals surface area contributed by atoms with Gasteiger partial charge in [-0.05, 0) is 65.3 Å². The molecule has 1 aliphatic rings. The molecule has 2 aromatic rings. The number of urea groups is 1. The van der Waals surface area contributed by atoms with E-state index in [2.05, 4.69) is 15.5 Å². The molecule has 0 spiro atoms. The molecule has 2 heterocycles. The fourth-order valence-corrected chi connectivity index (χ4v) is 5.56. The summed E-state index contributed by atoms with van der Waals surface area (Å²) >= 11 is 0. The van der Waals surface area contributed by atoms with Gasteiger partial charge in [0.15, 0.2) is 15.7 Å². The number of aliphatic hydroxyl groups excluding tert-OH is 1. The van der Waals surface area contributed by atoms with E-state index < -0.39 is 19.8 Å². The molecule has 1 saturated heterocycles. The fraction of sp³-hybridized carbons (Fsp3) is 0.560. The van der Waals surface area contributed by atoms with Gasteiger partial charge in [0.05, 0.1) is 30.2 Å². The van der Waals surface area contributed by atoms with Crippen LogP contribution < -0.4 is 15.5 Å². The summed E-state index contributed by atoms with van der Waals surface area (Å²) in [5.41, 5.74) is 1.71. The number of hydrogen-bond donors (Lipinski definition) is 3. The molecule has 1 aliphatic heterocycles. The molecule has 10 nitrogen and oxygen atoms in total. The van der Waals surface area contributed by atoms with Crippen LogP contribution >= 0.6 is 0 Å². The number of aliphatic hydroxyl groups is 1. The summed E-state index contributed by atoms with van der Waals surface area (Å²) in [7, 11) is -3.52. The molecule has 36 heavy (non-hydrogen) atoms. The number of aromatic nitrogens is 2. The van der Waals surface area contributed by atoms with Gasteiger partial charge in [-0.2, -0.15) is 0 Å². The second-order valence-electron chi connectivity index (χ2n) is 9.69. The molecule has 3 N–H and O–H groups in total. The molecule has 2 amide bonds. The quantitative estimate of drug-likeness (QED) is 0.431. The molecule has 0 aliphatic carbocycles. The minimum atomic E-state index is -3.52. The Kier molecular flexibility index (Phi) is 8.91. The third-order valence-electron chi connectivity index (χ3n) is 6.34. The number of carbonyl (C=O) groups excluding carboxylic acids is 1. The monoisotopic (exact) mass is 519 g/mol. The predicted octanol–water partition coefficient (Wildman–Crippen LogP) is 2.93. The summed E-state index contributed by atoms with van der Waals surface area (Å²) in [6.45, 7) is 10.9. The Bertz CT molecular complexity index is 1150. The van der Waals surface area contributed by atoms with Gasteiger partial charge in [-0.25, -0.2) is 23.2 Å². The number of ether oxygens (including phenoxy) is 1. The first-order valence-corrected chi connectivity index (χ1v) is 13.8. The molecule has 0 radical (unpaired) electrons. The summed E-state index contributed by atoms with van der Waals surface area (Å²) < 4.78 is 30.8. The lowest BCUT2D eigenvalue weighted by molar-refractivity contribution is 0.0985. The van der Waals surface area contributed by atoms with Crippen molar-refractivity contribution in [2.75, 3.05) is 43.1 Å². The van der Waals surface area contributed by atoms with Gasteiger partial charge >= 0.3 is 6.03 Å². The first-order valence-electron chi connectivity index (χ1n) is 12.2. The van der Waals surface area contributed by atoms with Crippen molar-refractivity contribution >= 4 is 27.4 Å². The van der Waals surface area contributed by atoms with Gasteiger partial charge in [0.25, 0.3) is 0 Å². The van der Waals surface area contributed by atoms with Gasteiger partial charge in [-0.3, -0.25) is 0 Å². The second-order valence-corrected chi connectivity index (χ2v) is 12.7. The normalized spacial score (nSPS) is 16.8. The smallest absolute Gasteiger partial charge is 0.319 e. The van der Waals surface area contributed by atoms with Crippen LogP contribution in [-0.2, 0) is 19.3 Å². The largest absolute Gasteiger partial charge is 0.396 e. The van der Waals surface area contributed by atoms with Crippen molar-refractivity contribution in [3.63, 3.8) is 0 Å². The molecule has 1 atom stereocenters. The van der Waals surface area contributed by atoms with E-state index in [4.69, 9.17) is 19.8 Å². The highest BCUT2D eigenvalue weighted by atomic mass is 32.2. The van der Waals surface area contributed by atoms with Gasteiger partial charge in [0.1, 0.15) is 10.6 Å². The number of morpholine rings is 1. The van der Waals surface area contributed by atoms with E-state index in [0.29, 0.717) is 61.3 Å². The molecule has 0 saturated carbocycles. The zero-order valence-corrected chi connectivity index (χ0v) is 22.4. The zero-order chi connectivity index (χ0) is 26.5. The molecule has 198 valence electrons. The molecular formula is C25H37N5O5S. The SMILES string of the molecule is CC(C)S(=O)(=O)C(C)(C)c1cc(N2CCOC[C@@H]2C)nc(-c2ccc(NC(=O)NCCCO)cc2)n1. The minimum absolute atomic E-state index is 0.00847. The maximum absolute atomic E-state index is 13.2. The zero-order valence-electron chi connectivity index (χ0n) is 21.6. The van der Waals surface area contributed by atoms with Crippen molar-refractivity contribution in [2.45, 2.75) is 57.1 Å². The molecule has 3 rings (SSSR count). The van der Waals surface area contributed by atoms with Crippen LogP contribution in [0.3, 0.4) is 0 Å². The average Bonchev–Trinajstić information content (AvgIpc) is 2.84. The van der Waals surface area contributed by atoms with E-state index in [1.165, 1.54) is 0 Å². The molecule has 0 unspecified atom stereocenters. The summed E-state index contributed by atoms with van der Waals surface area (Å²) in [5, 5.41) is 13.7. The van der Waals surface area contributed by atoms with E-state index in [1.54, 1.807) is 58.0 Å². The van der Waals surface area contributed by atoms with E-state index in [9.17, 15) is 13.2 Å². The first-order chi connectivity index (χ1) is 17.0. The van der Waals surface area contributed by atoms with Crippen LogP contribution in [0, 0.1) is 0 Å². The molecule has 1 aromatic heterocycles. The molecular weight excluding hydrogens is 482 g/mol. The van der Waals surface area contributed by atoms with Crippen molar-refractivity contribution in [3.05, 3.63) is 36.0 Å². The molecule has 11 heteroatoms. The predicted molar refractivity (Wildman–Crippen MR) is 141 cm³/mol. The average molecular weight is 520 g/mol. The Morgan fingerprint density at radius 1 is 1.25 bits per heavy atom. The molecule has 1 fully saturated rings. The Balaban J connectivity index is 1.98. The topological polar surface area (TPSA) is 134 Å². The lowest BCUT2D eigenvalue weighted by atomic mass is 10.1. The van der Waals surface area contributed by atoms with Crippen LogP contribution in [0.15, 0.2) is 30.3 Å². The summed E-state index contributed by atoms with van der Waals surface area (Å²) in [4.78, 5) is 23.6. The van der Waals surface area contributed by atoms with Gasteiger partial charge < -0.3 is 25.4 Å². The third-order valence-corrected chi connectivity index (χ3v) is 9.22. The number of sulfone groups is 1. The maximum Gasteiger partial charge on any atom is 0.319 e. The summed E-state index contributed by atoms with van der Waals surface area (Å²) in [6, 6.07) is 8.55. The van der Waals surface area contributed by atoms with E-state index >= 15 is 0 Å². The van der Waals surface area contributed by atoms with Crippen molar-refractivity contribution < 1.29 is 23.1 Å². The van der Waals surface area contributed by atoms with E-state index in [-0.39, 0.29) is 18.7 Å². The number of carbonyl (C=O) groups is 1. The highest BCUT2D eigenvalue weighted by Gasteiger charge is 2.40. The van der Waals surface area contributed by atoms with Gasteiger partial charge in [-0.1, -0.05) is 0 Å². The Hall–Kier alpha value is -2.76. The van der Waals surface area contributed by atoms with Crippen molar-refractivity contribution in [2.24, 2.45) is 0 Å². The van der Waals surface area contributed by atoms with Crippen LogP contribution in [-0.4, -0.2) is 73.7 Å². The first kappa shape index (κ1) is 27.8. The molecule has 1 aromatic carbocycles. The van der Waals surface area contributed by atoms with Gasteiger partial charge in [0, 0.05) is 37.0 Å². The van der Waals surface area contributed by atoms with Crippen LogP contribution in [0.5, 0.6) is 0 Å². The number of hydrogen-bond acceptors (Lipinski definition) is 8. The lowest BCUT2D eigenvalue weighted by Gasteiger charge is -2.35. The second kappa shape index (κ2) is 11.5. The van der Waals surface area contributed by atoms with E-state index in [1.807, 2.05) is 6.92 Å². The maximum atomic E-state index is 13.2. The molecule has 0 bridgehead atoms. The van der Waals surface area contributed by atoms with Crippen molar-refractivity contribution in [1.82, 2.24) is 15.3 Å².